The van der Waals surface area contributed by atoms with Gasteiger partial charge in [0.1, 0.15) is 0 Å². The number of nitrogens with one attached hydrogen (secondary N) is 1. The Labute approximate surface area is 229 Å². The Morgan fingerprint density at radius 3 is 1.95 bits per heavy atom. The van der Waals surface area contributed by atoms with Crippen molar-refractivity contribution in [2.45, 2.75) is 57.9 Å². The maximum Gasteiger partial charge on any atom is 0.0746 e. The van der Waals surface area contributed by atoms with Crippen LogP contribution in [0.4, 0.5) is 0 Å². The van der Waals surface area contributed by atoms with Gasteiger partial charge in [0.2, 0.25) is 0 Å². The monoisotopic (exact) mass is 506 g/mol. The van der Waals surface area contributed by atoms with Crippen LogP contribution in [-0.4, -0.2) is 9.55 Å². The summed E-state index contributed by atoms with van der Waals surface area (Å²) < 4.78 is 2.54. The van der Waals surface area contributed by atoms with Crippen molar-refractivity contribution in [2.24, 2.45) is 0 Å². The van der Waals surface area contributed by atoms with Crippen molar-refractivity contribution in [1.29, 1.82) is 0 Å². The predicted molar refractivity (Wildman–Crippen MR) is 167 cm³/mol. The van der Waals surface area contributed by atoms with Crippen molar-refractivity contribution < 1.29 is 0 Å². The predicted octanol–water partition coefficient (Wildman–Crippen LogP) is 9.98. The molecular formula is C37H34N2. The molecule has 0 atom stereocenters. The van der Waals surface area contributed by atoms with Crippen molar-refractivity contribution in [3.8, 4) is 0 Å². The Morgan fingerprint density at radius 1 is 0.641 bits per heavy atom. The fourth-order valence-electron chi connectivity index (χ4n) is 7.40. The van der Waals surface area contributed by atoms with Gasteiger partial charge in [-0.15, -0.1) is 0 Å². The number of fused-ring (bicyclic) bond motifs is 11. The van der Waals surface area contributed by atoms with E-state index in [2.05, 4.69) is 128 Å². The van der Waals surface area contributed by atoms with Crippen molar-refractivity contribution in [2.75, 3.05) is 0 Å². The highest BCUT2D eigenvalue weighted by Gasteiger charge is 2.37. The number of rotatable bonds is 2. The third kappa shape index (κ3) is 3.15. The highest BCUT2D eigenvalue weighted by atomic mass is 15.0. The summed E-state index contributed by atoms with van der Waals surface area (Å²) in [6.45, 7) is 10.5. The number of hydrogen-bond donors (Lipinski definition) is 1. The molecule has 0 saturated heterocycles. The number of nitrogens with zero attached hydrogens (tertiary/aromatic N) is 1. The van der Waals surface area contributed by atoms with E-state index in [9.17, 15) is 0 Å². The van der Waals surface area contributed by atoms with Crippen LogP contribution in [0, 0.1) is 0 Å². The molecule has 1 N–H and O–H groups in total. The second kappa shape index (κ2) is 7.76. The highest BCUT2D eigenvalue weighted by Crippen LogP contribution is 2.49. The van der Waals surface area contributed by atoms with Gasteiger partial charge in [-0.2, -0.15) is 0 Å². The van der Waals surface area contributed by atoms with Gasteiger partial charge in [0.15, 0.2) is 0 Å². The fourth-order valence-corrected chi connectivity index (χ4v) is 7.40. The van der Waals surface area contributed by atoms with E-state index in [1.807, 2.05) is 0 Å². The summed E-state index contributed by atoms with van der Waals surface area (Å²) in [5.41, 5.74) is 9.78. The largest absolute Gasteiger partial charge is 0.353 e. The van der Waals surface area contributed by atoms with Gasteiger partial charge < -0.3 is 9.55 Å². The van der Waals surface area contributed by atoms with E-state index in [0.29, 0.717) is 0 Å². The third-order valence-electron chi connectivity index (χ3n) is 9.63. The molecule has 2 aromatic heterocycles. The van der Waals surface area contributed by atoms with Gasteiger partial charge in [0, 0.05) is 39.1 Å². The number of benzene rings is 5. The van der Waals surface area contributed by atoms with Gasteiger partial charge in [-0.3, -0.25) is 0 Å². The number of para-hydroxylation sites is 1. The van der Waals surface area contributed by atoms with Crippen LogP contribution in [0.3, 0.4) is 0 Å². The Bertz CT molecular complexity index is 2080. The van der Waals surface area contributed by atoms with Gasteiger partial charge in [0.25, 0.3) is 0 Å². The van der Waals surface area contributed by atoms with E-state index < -0.39 is 0 Å². The van der Waals surface area contributed by atoms with Crippen LogP contribution < -0.4 is 0 Å². The quantitative estimate of drug-likeness (QED) is 0.241. The molecule has 1 aliphatic carbocycles. The van der Waals surface area contributed by atoms with Gasteiger partial charge in [-0.05, 0) is 69.3 Å². The molecule has 0 radical (unpaired) electrons. The Kier molecular flexibility index (Phi) is 4.56. The number of H-pyrrole nitrogens is 1. The molecular weight excluding hydrogens is 472 g/mol. The van der Waals surface area contributed by atoms with E-state index >= 15 is 0 Å². The zero-order chi connectivity index (χ0) is 26.5. The van der Waals surface area contributed by atoms with Gasteiger partial charge in [-0.1, -0.05) is 100 Å². The minimum absolute atomic E-state index is 0.171. The van der Waals surface area contributed by atoms with Crippen LogP contribution in [0.15, 0.2) is 91.0 Å². The topological polar surface area (TPSA) is 20.7 Å². The van der Waals surface area contributed by atoms with Crippen molar-refractivity contribution in [3.63, 3.8) is 0 Å². The lowest BCUT2D eigenvalue weighted by Gasteiger charge is -2.41. The fraction of sp³-hybridized carbons (Fsp3) is 0.243. The van der Waals surface area contributed by atoms with Crippen LogP contribution >= 0.6 is 0 Å². The second-order valence-corrected chi connectivity index (χ2v) is 12.9. The first-order chi connectivity index (χ1) is 18.8. The number of aromatic amines is 1. The molecule has 8 rings (SSSR count). The first kappa shape index (κ1) is 22.9. The molecule has 2 nitrogen and oxygen atoms in total. The maximum atomic E-state index is 3.99. The molecule has 0 aliphatic heterocycles. The minimum atomic E-state index is 0.171. The van der Waals surface area contributed by atoms with Gasteiger partial charge in [0.05, 0.1) is 11.0 Å². The summed E-state index contributed by atoms with van der Waals surface area (Å²) in [7, 11) is 0. The number of hydrogen-bond acceptors (Lipinski definition) is 0. The van der Waals surface area contributed by atoms with E-state index in [1.54, 1.807) is 0 Å². The van der Waals surface area contributed by atoms with E-state index in [4.69, 9.17) is 0 Å². The van der Waals surface area contributed by atoms with E-state index in [-0.39, 0.29) is 10.8 Å². The van der Waals surface area contributed by atoms with E-state index in [0.717, 1.165) is 6.54 Å². The molecule has 39 heavy (non-hydrogen) atoms. The summed E-state index contributed by atoms with van der Waals surface area (Å²) in [5, 5.41) is 8.04. The van der Waals surface area contributed by atoms with Crippen LogP contribution in [0.5, 0.6) is 0 Å². The average Bonchev–Trinajstić information content (AvgIpc) is 3.48. The van der Waals surface area contributed by atoms with Crippen LogP contribution in [0.1, 0.15) is 57.2 Å². The lowest BCUT2D eigenvalue weighted by Crippen LogP contribution is -2.33. The Balaban J connectivity index is 1.59. The molecule has 0 amide bonds. The maximum absolute atomic E-state index is 3.99. The molecule has 0 fully saturated rings. The van der Waals surface area contributed by atoms with Crippen LogP contribution in [0.2, 0.25) is 0 Å². The normalized spacial score (nSPS) is 16.5. The standard InChI is InChI=1S/C37H34N2/c1-36(2)18-19-37(3,4)29-21-30-27(20-28(29)36)32-24-14-8-9-15-25(24)33-26-16-10-11-17-31(26)39(35(33)34(32)38-30)22-23-12-6-5-7-13-23/h5-17,20-21,38H,18-19,22H2,1-4H3. The average molecular weight is 507 g/mol. The lowest BCUT2D eigenvalue weighted by molar-refractivity contribution is 0.332. The molecule has 192 valence electrons. The summed E-state index contributed by atoms with van der Waals surface area (Å²) in [4.78, 5) is 3.99. The van der Waals surface area contributed by atoms with E-state index in [1.165, 1.54) is 83.9 Å². The lowest BCUT2D eigenvalue weighted by atomic mass is 9.63. The Morgan fingerprint density at radius 2 is 1.23 bits per heavy atom. The minimum Gasteiger partial charge on any atom is -0.353 e. The SMILES string of the molecule is CC1(C)CCC(C)(C)c2cc3c(cc21)[nH]c1c3c2ccccc2c2c3ccccc3n(Cc3ccccc3)c12. The first-order valence-corrected chi connectivity index (χ1v) is 14.3. The van der Waals surface area contributed by atoms with Crippen LogP contribution in [0.25, 0.3) is 54.4 Å². The number of aromatic nitrogens is 2. The van der Waals surface area contributed by atoms with Crippen molar-refractivity contribution in [3.05, 3.63) is 108 Å². The first-order valence-electron chi connectivity index (χ1n) is 14.3. The van der Waals surface area contributed by atoms with Gasteiger partial charge in [-0.25, -0.2) is 0 Å². The molecule has 0 unspecified atom stereocenters. The molecule has 7 aromatic rings. The molecule has 0 saturated carbocycles. The Hall–Kier alpha value is -4.04. The molecule has 5 aromatic carbocycles. The van der Waals surface area contributed by atoms with Crippen molar-refractivity contribution in [1.82, 2.24) is 9.55 Å². The van der Waals surface area contributed by atoms with Crippen molar-refractivity contribution >= 4 is 54.4 Å². The summed E-state index contributed by atoms with van der Waals surface area (Å²) in [6, 6.07) is 33.8. The molecule has 0 spiro atoms. The zero-order valence-corrected chi connectivity index (χ0v) is 23.2. The molecule has 2 heterocycles. The summed E-state index contributed by atoms with van der Waals surface area (Å²) >= 11 is 0. The smallest absolute Gasteiger partial charge is 0.0746 e. The molecule has 0 bridgehead atoms. The highest BCUT2D eigenvalue weighted by molar-refractivity contribution is 6.35. The van der Waals surface area contributed by atoms with Crippen LogP contribution in [-0.2, 0) is 17.4 Å². The molecule has 1 aliphatic rings. The molecule has 2 heteroatoms. The third-order valence-corrected chi connectivity index (χ3v) is 9.63. The van der Waals surface area contributed by atoms with Gasteiger partial charge >= 0.3 is 0 Å². The summed E-state index contributed by atoms with van der Waals surface area (Å²) in [6.07, 6.45) is 2.44. The second-order valence-electron chi connectivity index (χ2n) is 12.9. The summed E-state index contributed by atoms with van der Waals surface area (Å²) in [5.74, 6) is 0. The zero-order valence-electron chi connectivity index (χ0n) is 23.2.